The van der Waals surface area contributed by atoms with E-state index < -0.39 is 0 Å². The van der Waals surface area contributed by atoms with E-state index in [1.54, 1.807) is 6.92 Å². The van der Waals surface area contributed by atoms with Gasteiger partial charge in [-0.1, -0.05) is 24.4 Å². The zero-order chi connectivity index (χ0) is 14.8. The van der Waals surface area contributed by atoms with Crippen molar-refractivity contribution in [3.05, 3.63) is 11.7 Å². The third kappa shape index (κ3) is 3.06. The van der Waals surface area contributed by atoms with Gasteiger partial charge in [-0.2, -0.15) is 4.98 Å². The van der Waals surface area contributed by atoms with Crippen molar-refractivity contribution in [2.75, 3.05) is 6.54 Å². The van der Waals surface area contributed by atoms with E-state index in [1.807, 2.05) is 0 Å². The summed E-state index contributed by atoms with van der Waals surface area (Å²) in [5.41, 5.74) is 0. The molecule has 0 aromatic carbocycles. The first-order valence-electron chi connectivity index (χ1n) is 7.51. The van der Waals surface area contributed by atoms with Crippen molar-refractivity contribution < 1.29 is 14.1 Å². The highest BCUT2D eigenvalue weighted by atomic mass is 16.5. The minimum Gasteiger partial charge on any atom is -0.342 e. The van der Waals surface area contributed by atoms with Gasteiger partial charge in [0.05, 0.1) is 6.54 Å². The van der Waals surface area contributed by atoms with Gasteiger partial charge >= 0.3 is 0 Å². The van der Waals surface area contributed by atoms with Crippen LogP contribution in [0.4, 0.5) is 0 Å². The fourth-order valence-corrected chi connectivity index (χ4v) is 3.23. The van der Waals surface area contributed by atoms with E-state index in [-0.39, 0.29) is 36.9 Å². The fraction of sp³-hybridized carbons (Fsp3) is 0.714. The van der Waals surface area contributed by atoms with Gasteiger partial charge in [-0.15, -0.1) is 0 Å². The lowest BCUT2D eigenvalue weighted by Gasteiger charge is -2.37. The van der Waals surface area contributed by atoms with Gasteiger partial charge < -0.3 is 14.7 Å². The largest absolute Gasteiger partial charge is 0.342 e. The van der Waals surface area contributed by atoms with Crippen molar-refractivity contribution in [2.45, 2.75) is 51.6 Å². The van der Waals surface area contributed by atoms with Crippen LogP contribution in [0.3, 0.4) is 0 Å². The van der Waals surface area contributed by atoms with Crippen LogP contribution in [-0.4, -0.2) is 39.4 Å². The van der Waals surface area contributed by atoms with E-state index in [0.29, 0.717) is 11.7 Å². The lowest BCUT2D eigenvalue weighted by Crippen LogP contribution is -2.60. The van der Waals surface area contributed by atoms with Crippen LogP contribution in [0.2, 0.25) is 0 Å². The predicted octanol–water partition coefficient (Wildman–Crippen LogP) is 0.785. The van der Waals surface area contributed by atoms with Gasteiger partial charge in [0.25, 0.3) is 0 Å². The number of aromatic nitrogens is 2. The van der Waals surface area contributed by atoms with E-state index in [0.717, 1.165) is 25.7 Å². The summed E-state index contributed by atoms with van der Waals surface area (Å²) in [4.78, 5) is 30.1. The number of carbonyl (C=O) groups is 2. The smallest absolute Gasteiger partial charge is 0.246 e. The molecule has 0 spiro atoms. The number of hydrogen-bond acceptors (Lipinski definition) is 5. The molecular formula is C14H20N4O3. The van der Waals surface area contributed by atoms with E-state index in [9.17, 15) is 9.59 Å². The highest BCUT2D eigenvalue weighted by Crippen LogP contribution is 2.28. The summed E-state index contributed by atoms with van der Waals surface area (Å²) in [5.74, 6) is 1.03. The average Bonchev–Trinajstić information content (AvgIpc) is 2.89. The summed E-state index contributed by atoms with van der Waals surface area (Å²) in [5, 5.41) is 6.66. The molecule has 7 heteroatoms. The zero-order valence-corrected chi connectivity index (χ0v) is 12.2. The highest BCUT2D eigenvalue weighted by Gasteiger charge is 2.38. The molecule has 0 radical (unpaired) electrons. The van der Waals surface area contributed by atoms with Gasteiger partial charge in [0.15, 0.2) is 5.82 Å². The molecule has 7 nitrogen and oxygen atoms in total. The fourth-order valence-electron chi connectivity index (χ4n) is 3.23. The standard InChI is InChI=1S/C14H20N4O3/c1-9-15-11(17-21-9)7-18-8-12(19)16-13(14(18)20)10-5-3-2-4-6-10/h10,13H,2-8H2,1H3,(H,16,19). The maximum absolute atomic E-state index is 12.6. The number of rotatable bonds is 3. The maximum Gasteiger partial charge on any atom is 0.246 e. The van der Waals surface area contributed by atoms with E-state index in [1.165, 1.54) is 11.3 Å². The molecule has 1 aromatic rings. The van der Waals surface area contributed by atoms with Crippen LogP contribution < -0.4 is 5.32 Å². The first kappa shape index (κ1) is 14.0. The molecule has 21 heavy (non-hydrogen) atoms. The van der Waals surface area contributed by atoms with Gasteiger partial charge in [0.2, 0.25) is 17.7 Å². The summed E-state index contributed by atoms with van der Waals surface area (Å²) >= 11 is 0. The Balaban J connectivity index is 1.71. The Morgan fingerprint density at radius 2 is 2.05 bits per heavy atom. The second-order valence-electron chi connectivity index (χ2n) is 5.87. The summed E-state index contributed by atoms with van der Waals surface area (Å²) in [7, 11) is 0. The monoisotopic (exact) mass is 292 g/mol. The Bertz CT molecular complexity index is 536. The second kappa shape index (κ2) is 5.83. The summed E-state index contributed by atoms with van der Waals surface area (Å²) < 4.78 is 4.91. The molecule has 114 valence electrons. The molecule has 3 rings (SSSR count). The summed E-state index contributed by atoms with van der Waals surface area (Å²) in [6.07, 6.45) is 5.50. The lowest BCUT2D eigenvalue weighted by molar-refractivity contribution is -0.147. The normalized spacial score (nSPS) is 24.2. The molecule has 2 aliphatic rings. The Labute approximate surface area is 123 Å². The zero-order valence-electron chi connectivity index (χ0n) is 12.2. The average molecular weight is 292 g/mol. The van der Waals surface area contributed by atoms with E-state index in [4.69, 9.17) is 4.52 Å². The predicted molar refractivity (Wildman–Crippen MR) is 73.0 cm³/mol. The number of nitrogens with zero attached hydrogens (tertiary/aromatic N) is 3. The van der Waals surface area contributed by atoms with Crippen LogP contribution in [0.25, 0.3) is 0 Å². The molecule has 1 aliphatic carbocycles. The number of aryl methyl sites for hydroxylation is 1. The molecule has 0 bridgehead atoms. The van der Waals surface area contributed by atoms with Gasteiger partial charge in [-0.25, -0.2) is 0 Å². The van der Waals surface area contributed by atoms with Crippen LogP contribution >= 0.6 is 0 Å². The van der Waals surface area contributed by atoms with E-state index >= 15 is 0 Å². The van der Waals surface area contributed by atoms with Crippen LogP contribution in [0.5, 0.6) is 0 Å². The molecule has 2 heterocycles. The highest BCUT2D eigenvalue weighted by molar-refractivity contribution is 5.95. The SMILES string of the molecule is Cc1nc(CN2CC(=O)NC(C3CCCCC3)C2=O)no1. The third-order valence-corrected chi connectivity index (χ3v) is 4.25. The van der Waals surface area contributed by atoms with Crippen LogP contribution in [0.15, 0.2) is 4.52 Å². The van der Waals surface area contributed by atoms with Gasteiger partial charge in [-0.3, -0.25) is 9.59 Å². The molecule has 2 fully saturated rings. The molecule has 1 unspecified atom stereocenters. The topological polar surface area (TPSA) is 88.3 Å². The second-order valence-corrected chi connectivity index (χ2v) is 5.87. The van der Waals surface area contributed by atoms with Crippen molar-refractivity contribution in [3.63, 3.8) is 0 Å². The van der Waals surface area contributed by atoms with Gasteiger partial charge in [0, 0.05) is 6.92 Å². The first-order chi connectivity index (χ1) is 10.1. The van der Waals surface area contributed by atoms with Crippen molar-refractivity contribution >= 4 is 11.8 Å². The summed E-state index contributed by atoms with van der Waals surface area (Å²) in [6.45, 7) is 1.99. The van der Waals surface area contributed by atoms with Crippen LogP contribution in [0.1, 0.15) is 43.8 Å². The van der Waals surface area contributed by atoms with Crippen molar-refractivity contribution in [2.24, 2.45) is 5.92 Å². The Morgan fingerprint density at radius 1 is 1.29 bits per heavy atom. The van der Waals surface area contributed by atoms with Crippen LogP contribution in [0, 0.1) is 12.8 Å². The van der Waals surface area contributed by atoms with E-state index in [2.05, 4.69) is 15.5 Å². The van der Waals surface area contributed by atoms with Crippen molar-refractivity contribution in [3.8, 4) is 0 Å². The minimum atomic E-state index is -0.389. The third-order valence-electron chi connectivity index (χ3n) is 4.25. The lowest BCUT2D eigenvalue weighted by atomic mass is 9.82. The number of nitrogens with one attached hydrogen (secondary N) is 1. The number of hydrogen-bond donors (Lipinski definition) is 1. The molecule has 1 saturated carbocycles. The number of carbonyl (C=O) groups excluding carboxylic acids is 2. The quantitative estimate of drug-likeness (QED) is 0.889. The van der Waals surface area contributed by atoms with Crippen molar-refractivity contribution in [1.82, 2.24) is 20.4 Å². The Kier molecular flexibility index (Phi) is 3.90. The number of piperazine rings is 1. The molecule has 1 aromatic heterocycles. The molecule has 1 atom stereocenters. The molecule has 1 saturated heterocycles. The summed E-state index contributed by atoms with van der Waals surface area (Å²) in [6, 6.07) is -0.389. The Hall–Kier alpha value is -1.92. The maximum atomic E-state index is 12.6. The minimum absolute atomic E-state index is 0.0241. The first-order valence-corrected chi connectivity index (χ1v) is 7.51. The number of amides is 2. The van der Waals surface area contributed by atoms with Gasteiger partial charge in [0.1, 0.15) is 12.6 Å². The molecule has 1 N–H and O–H groups in total. The van der Waals surface area contributed by atoms with Gasteiger partial charge in [-0.05, 0) is 18.8 Å². The van der Waals surface area contributed by atoms with Crippen molar-refractivity contribution in [1.29, 1.82) is 0 Å². The molecule has 2 amide bonds. The molecular weight excluding hydrogens is 272 g/mol. The van der Waals surface area contributed by atoms with Crippen LogP contribution in [-0.2, 0) is 16.1 Å². The Morgan fingerprint density at radius 3 is 2.71 bits per heavy atom. The molecule has 1 aliphatic heterocycles.